The molecule has 3 heteroatoms. The van der Waals surface area contributed by atoms with Gasteiger partial charge in [-0.1, -0.05) is 24.0 Å². The molecule has 0 saturated carbocycles. The van der Waals surface area contributed by atoms with E-state index >= 15 is 0 Å². The lowest BCUT2D eigenvalue weighted by Crippen LogP contribution is -2.02. The lowest BCUT2D eigenvalue weighted by Gasteiger charge is -1.98. The van der Waals surface area contributed by atoms with E-state index in [0.717, 1.165) is 17.5 Å². The van der Waals surface area contributed by atoms with Gasteiger partial charge in [-0.05, 0) is 37.6 Å². The number of carbonyl (C=O) groups is 1. The van der Waals surface area contributed by atoms with Crippen molar-refractivity contribution in [2.24, 2.45) is 5.73 Å². The van der Waals surface area contributed by atoms with Gasteiger partial charge >= 0.3 is 5.97 Å². The van der Waals surface area contributed by atoms with Crippen molar-refractivity contribution in [1.82, 2.24) is 0 Å². The van der Waals surface area contributed by atoms with Gasteiger partial charge in [0.2, 0.25) is 0 Å². The molecule has 0 saturated heterocycles. The molecule has 0 heterocycles. The lowest BCUT2D eigenvalue weighted by atomic mass is 10.1. The molecule has 0 aliphatic carbocycles. The van der Waals surface area contributed by atoms with Crippen LogP contribution in [0, 0.1) is 11.8 Å². The molecule has 1 rings (SSSR count). The Morgan fingerprint density at radius 1 is 1.47 bits per heavy atom. The average molecular weight is 231 g/mol. The second-order valence-electron chi connectivity index (χ2n) is 3.52. The van der Waals surface area contributed by atoms with Crippen LogP contribution < -0.4 is 5.73 Å². The summed E-state index contributed by atoms with van der Waals surface area (Å²) in [5.74, 6) is 5.46. The maximum absolute atomic E-state index is 11.1. The van der Waals surface area contributed by atoms with Gasteiger partial charge in [-0.3, -0.25) is 4.79 Å². The number of benzene rings is 1. The van der Waals surface area contributed by atoms with Gasteiger partial charge in [-0.25, -0.2) is 0 Å². The molecule has 2 N–H and O–H groups in total. The fourth-order valence-electron chi connectivity index (χ4n) is 1.40. The van der Waals surface area contributed by atoms with E-state index in [2.05, 4.69) is 11.8 Å². The highest BCUT2D eigenvalue weighted by atomic mass is 16.5. The maximum atomic E-state index is 11.1. The molecule has 3 nitrogen and oxygen atoms in total. The van der Waals surface area contributed by atoms with Crippen LogP contribution in [0.15, 0.2) is 24.3 Å². The van der Waals surface area contributed by atoms with Crippen molar-refractivity contribution in [2.75, 3.05) is 13.2 Å². The zero-order valence-corrected chi connectivity index (χ0v) is 10.0. The van der Waals surface area contributed by atoms with Gasteiger partial charge in [0.25, 0.3) is 0 Å². The van der Waals surface area contributed by atoms with Crippen LogP contribution in [0.4, 0.5) is 0 Å². The third-order valence-electron chi connectivity index (χ3n) is 2.13. The van der Waals surface area contributed by atoms with Gasteiger partial charge in [0, 0.05) is 5.56 Å². The SMILES string of the molecule is CCOC(=O)CC#Cc1cccc(CCN)c1. The van der Waals surface area contributed by atoms with Crippen LogP contribution in [0.25, 0.3) is 0 Å². The number of nitrogens with two attached hydrogens (primary N) is 1. The minimum Gasteiger partial charge on any atom is -0.465 e. The quantitative estimate of drug-likeness (QED) is 0.631. The van der Waals surface area contributed by atoms with Crippen molar-refractivity contribution < 1.29 is 9.53 Å². The minimum atomic E-state index is -0.280. The molecule has 0 radical (unpaired) electrons. The van der Waals surface area contributed by atoms with Crippen molar-refractivity contribution in [3.8, 4) is 11.8 Å². The van der Waals surface area contributed by atoms with Crippen LogP contribution in [0.1, 0.15) is 24.5 Å². The number of carbonyl (C=O) groups excluding carboxylic acids is 1. The summed E-state index contributed by atoms with van der Waals surface area (Å²) in [6.45, 7) is 2.80. The van der Waals surface area contributed by atoms with E-state index in [4.69, 9.17) is 10.5 Å². The normalized spacial score (nSPS) is 9.29. The molecule has 0 bridgehead atoms. The van der Waals surface area contributed by atoms with E-state index in [-0.39, 0.29) is 12.4 Å². The molecular formula is C14H17NO2. The molecular weight excluding hydrogens is 214 g/mol. The summed E-state index contributed by atoms with van der Waals surface area (Å²) in [6.07, 6.45) is 0.975. The first-order valence-electron chi connectivity index (χ1n) is 5.69. The molecule has 90 valence electrons. The summed E-state index contributed by atoms with van der Waals surface area (Å²) in [4.78, 5) is 11.1. The third kappa shape index (κ3) is 5.19. The summed E-state index contributed by atoms with van der Waals surface area (Å²) in [5, 5.41) is 0. The highest BCUT2D eigenvalue weighted by molar-refractivity contribution is 5.72. The second-order valence-corrected chi connectivity index (χ2v) is 3.52. The van der Waals surface area contributed by atoms with Crippen molar-refractivity contribution >= 4 is 5.97 Å². The first kappa shape index (κ1) is 13.3. The average Bonchev–Trinajstić information content (AvgIpc) is 2.30. The topological polar surface area (TPSA) is 52.3 Å². The number of hydrogen-bond acceptors (Lipinski definition) is 3. The predicted molar refractivity (Wildman–Crippen MR) is 67.3 cm³/mol. The second kappa shape index (κ2) is 7.48. The summed E-state index contributed by atoms with van der Waals surface area (Å²) in [6, 6.07) is 7.87. The highest BCUT2D eigenvalue weighted by Crippen LogP contribution is 2.04. The van der Waals surface area contributed by atoms with Crippen molar-refractivity contribution in [2.45, 2.75) is 19.8 Å². The van der Waals surface area contributed by atoms with Crippen molar-refractivity contribution in [3.63, 3.8) is 0 Å². The maximum Gasteiger partial charge on any atom is 0.317 e. The minimum absolute atomic E-state index is 0.134. The first-order chi connectivity index (χ1) is 8.26. The van der Waals surface area contributed by atoms with Crippen LogP contribution in [0.5, 0.6) is 0 Å². The molecule has 0 amide bonds. The molecule has 0 fully saturated rings. The molecule has 0 unspecified atom stereocenters. The predicted octanol–water partition coefficient (Wildman–Crippen LogP) is 1.49. The fourth-order valence-corrected chi connectivity index (χ4v) is 1.40. The van der Waals surface area contributed by atoms with Crippen LogP contribution in [-0.4, -0.2) is 19.1 Å². The van der Waals surface area contributed by atoms with Gasteiger partial charge < -0.3 is 10.5 Å². The van der Waals surface area contributed by atoms with Crippen LogP contribution in [0.3, 0.4) is 0 Å². The fraction of sp³-hybridized carbons (Fsp3) is 0.357. The van der Waals surface area contributed by atoms with Gasteiger partial charge in [-0.2, -0.15) is 0 Å². The van der Waals surface area contributed by atoms with Gasteiger partial charge in [-0.15, -0.1) is 0 Å². The summed E-state index contributed by atoms with van der Waals surface area (Å²) in [5.41, 5.74) is 7.55. The molecule has 0 aromatic heterocycles. The van der Waals surface area contributed by atoms with Crippen LogP contribution in [-0.2, 0) is 16.0 Å². The Bertz CT molecular complexity index is 429. The standard InChI is InChI=1S/C14H17NO2/c1-2-17-14(16)8-4-7-12-5-3-6-13(11-12)9-10-15/h3,5-6,11H,2,8-10,15H2,1H3. The molecule has 1 aromatic rings. The molecule has 0 aliphatic rings. The van der Waals surface area contributed by atoms with Crippen LogP contribution in [0.2, 0.25) is 0 Å². The highest BCUT2D eigenvalue weighted by Gasteiger charge is 1.96. The number of esters is 1. The van der Waals surface area contributed by atoms with E-state index in [1.807, 2.05) is 24.3 Å². The Kier molecular flexibility index (Phi) is 5.84. The van der Waals surface area contributed by atoms with E-state index < -0.39 is 0 Å². The van der Waals surface area contributed by atoms with Crippen molar-refractivity contribution in [3.05, 3.63) is 35.4 Å². The van der Waals surface area contributed by atoms with Crippen LogP contribution >= 0.6 is 0 Å². The molecule has 0 spiro atoms. The number of ether oxygens (including phenoxy) is 1. The summed E-state index contributed by atoms with van der Waals surface area (Å²) >= 11 is 0. The van der Waals surface area contributed by atoms with Crippen molar-refractivity contribution in [1.29, 1.82) is 0 Å². The zero-order chi connectivity index (χ0) is 12.5. The lowest BCUT2D eigenvalue weighted by molar-refractivity contribution is -0.141. The Labute approximate surface area is 102 Å². The van der Waals surface area contributed by atoms with Gasteiger partial charge in [0.15, 0.2) is 0 Å². The number of rotatable bonds is 4. The third-order valence-corrected chi connectivity index (χ3v) is 2.13. The van der Waals surface area contributed by atoms with Gasteiger partial charge in [0.05, 0.1) is 6.61 Å². The van der Waals surface area contributed by atoms with E-state index in [0.29, 0.717) is 13.2 Å². The monoisotopic (exact) mass is 231 g/mol. The summed E-state index contributed by atoms with van der Waals surface area (Å²) in [7, 11) is 0. The van der Waals surface area contributed by atoms with E-state index in [1.54, 1.807) is 6.92 Å². The van der Waals surface area contributed by atoms with E-state index in [1.165, 1.54) is 0 Å². The molecule has 0 atom stereocenters. The van der Waals surface area contributed by atoms with Gasteiger partial charge in [0.1, 0.15) is 6.42 Å². The van der Waals surface area contributed by atoms with E-state index in [9.17, 15) is 4.79 Å². The largest absolute Gasteiger partial charge is 0.465 e. The Morgan fingerprint density at radius 3 is 3.00 bits per heavy atom. The zero-order valence-electron chi connectivity index (χ0n) is 10.0. The Morgan fingerprint density at radius 2 is 2.29 bits per heavy atom. The molecule has 0 aliphatic heterocycles. The molecule has 1 aromatic carbocycles. The Hall–Kier alpha value is -1.79. The first-order valence-corrected chi connectivity index (χ1v) is 5.69. The smallest absolute Gasteiger partial charge is 0.317 e. The Balaban J connectivity index is 2.59. The summed E-state index contributed by atoms with van der Waals surface area (Å²) < 4.78 is 4.78. The number of hydrogen-bond donors (Lipinski definition) is 1. The molecule has 17 heavy (non-hydrogen) atoms.